The Bertz CT molecular complexity index is 377. The third-order valence-electron chi connectivity index (χ3n) is 4.16. The van der Waals surface area contributed by atoms with Crippen LogP contribution in [0.1, 0.15) is 25.3 Å². The normalized spacial score (nSPS) is 20.1. The van der Waals surface area contributed by atoms with Crippen molar-refractivity contribution in [1.29, 1.82) is 0 Å². The van der Waals surface area contributed by atoms with E-state index in [9.17, 15) is 5.11 Å². The Morgan fingerprint density at radius 3 is 2.58 bits per heavy atom. The van der Waals surface area contributed by atoms with Crippen LogP contribution in [0, 0.1) is 0 Å². The van der Waals surface area contributed by atoms with Crippen molar-refractivity contribution in [2.45, 2.75) is 32.2 Å². The Labute approximate surface area is 116 Å². The number of hydrogen-bond donors (Lipinski definition) is 1. The Hall–Kier alpha value is -1.06. The fourth-order valence-corrected chi connectivity index (χ4v) is 2.73. The summed E-state index contributed by atoms with van der Waals surface area (Å²) in [7, 11) is 2.21. The lowest BCUT2D eigenvalue weighted by Crippen LogP contribution is -2.36. The van der Waals surface area contributed by atoms with Gasteiger partial charge in [0.15, 0.2) is 0 Å². The topological polar surface area (TPSA) is 26.7 Å². The lowest BCUT2D eigenvalue weighted by molar-refractivity contribution is 0.206. The van der Waals surface area contributed by atoms with Gasteiger partial charge < -0.3 is 10.0 Å². The van der Waals surface area contributed by atoms with Gasteiger partial charge in [-0.25, -0.2) is 0 Å². The van der Waals surface area contributed by atoms with Gasteiger partial charge in [0, 0.05) is 19.1 Å². The summed E-state index contributed by atoms with van der Waals surface area (Å²) in [4.78, 5) is 5.04. The van der Waals surface area contributed by atoms with Crippen LogP contribution in [0.2, 0.25) is 0 Å². The second-order valence-corrected chi connectivity index (χ2v) is 5.75. The van der Waals surface area contributed by atoms with Gasteiger partial charge in [0.1, 0.15) is 5.75 Å². The van der Waals surface area contributed by atoms with Gasteiger partial charge in [-0.15, -0.1) is 0 Å². The van der Waals surface area contributed by atoms with Crippen molar-refractivity contribution in [3.63, 3.8) is 0 Å². The molecule has 3 nitrogen and oxygen atoms in total. The first-order chi connectivity index (χ1) is 9.15. The van der Waals surface area contributed by atoms with Gasteiger partial charge in [0.25, 0.3) is 0 Å². The Balaban J connectivity index is 1.80. The Morgan fingerprint density at radius 1 is 1.11 bits per heavy atom. The van der Waals surface area contributed by atoms with Gasteiger partial charge in [0.05, 0.1) is 0 Å². The first-order valence-corrected chi connectivity index (χ1v) is 7.35. The number of phenolic OH excluding ortho intramolecular Hbond substituents is 1. The standard InChI is InChI=1S/C16H26N2O/c1-14(18-11-3-10-17(2)12-13-18)4-5-15-6-8-16(19)9-7-15/h6-9,14,19H,3-5,10-13H2,1-2H3. The summed E-state index contributed by atoms with van der Waals surface area (Å²) >= 11 is 0. The molecule has 19 heavy (non-hydrogen) atoms. The lowest BCUT2D eigenvalue weighted by atomic mass is 10.0. The van der Waals surface area contributed by atoms with E-state index >= 15 is 0 Å². The largest absolute Gasteiger partial charge is 0.508 e. The highest BCUT2D eigenvalue weighted by Gasteiger charge is 2.17. The molecule has 2 rings (SSSR count). The molecule has 3 heteroatoms. The summed E-state index contributed by atoms with van der Waals surface area (Å²) in [6, 6.07) is 8.25. The van der Waals surface area contributed by atoms with Gasteiger partial charge in [-0.05, 0) is 64.0 Å². The number of phenols is 1. The SMILES string of the molecule is CC(CCc1ccc(O)cc1)N1CCCN(C)CC1. The van der Waals surface area contributed by atoms with E-state index in [0.717, 1.165) is 6.42 Å². The number of aryl methyl sites for hydroxylation is 1. The molecule has 1 aliphatic heterocycles. The molecule has 0 bridgehead atoms. The summed E-state index contributed by atoms with van der Waals surface area (Å²) in [5.41, 5.74) is 1.32. The van der Waals surface area contributed by atoms with Crippen LogP contribution in [-0.2, 0) is 6.42 Å². The summed E-state index contributed by atoms with van der Waals surface area (Å²) in [6.07, 6.45) is 3.56. The zero-order chi connectivity index (χ0) is 13.7. The molecule has 0 amide bonds. The summed E-state index contributed by atoms with van der Waals surface area (Å²) < 4.78 is 0. The van der Waals surface area contributed by atoms with E-state index in [4.69, 9.17) is 0 Å². The summed E-state index contributed by atoms with van der Waals surface area (Å²) in [6.45, 7) is 7.16. The minimum absolute atomic E-state index is 0.354. The Morgan fingerprint density at radius 2 is 1.84 bits per heavy atom. The molecule has 0 aliphatic carbocycles. The third kappa shape index (κ3) is 4.51. The number of nitrogens with zero attached hydrogens (tertiary/aromatic N) is 2. The van der Waals surface area contributed by atoms with Crippen molar-refractivity contribution in [3.8, 4) is 5.75 Å². The second kappa shape index (κ2) is 6.92. The molecule has 1 atom stereocenters. The van der Waals surface area contributed by atoms with Gasteiger partial charge in [-0.2, -0.15) is 0 Å². The molecule has 1 aromatic rings. The van der Waals surface area contributed by atoms with Crippen molar-refractivity contribution >= 4 is 0 Å². The molecule has 0 saturated carbocycles. The molecular formula is C16H26N2O. The smallest absolute Gasteiger partial charge is 0.115 e. The second-order valence-electron chi connectivity index (χ2n) is 5.75. The molecule has 0 aromatic heterocycles. The van der Waals surface area contributed by atoms with E-state index < -0.39 is 0 Å². The molecule has 1 saturated heterocycles. The molecule has 1 N–H and O–H groups in total. The van der Waals surface area contributed by atoms with Crippen LogP contribution < -0.4 is 0 Å². The molecule has 0 radical (unpaired) electrons. The van der Waals surface area contributed by atoms with E-state index in [1.807, 2.05) is 12.1 Å². The molecule has 1 fully saturated rings. The molecule has 0 spiro atoms. The highest BCUT2D eigenvalue weighted by molar-refractivity contribution is 5.25. The van der Waals surface area contributed by atoms with Crippen LogP contribution in [0.4, 0.5) is 0 Å². The lowest BCUT2D eigenvalue weighted by Gasteiger charge is -2.27. The van der Waals surface area contributed by atoms with Crippen LogP contribution in [0.5, 0.6) is 5.75 Å². The van der Waals surface area contributed by atoms with E-state index in [2.05, 4.69) is 23.8 Å². The number of likely N-dealkylation sites (N-methyl/N-ethyl adjacent to an activating group) is 1. The Kier molecular flexibility index (Phi) is 5.23. The van der Waals surface area contributed by atoms with Crippen LogP contribution in [0.25, 0.3) is 0 Å². The van der Waals surface area contributed by atoms with Gasteiger partial charge in [0.2, 0.25) is 0 Å². The summed E-state index contributed by atoms with van der Waals surface area (Å²) in [5, 5.41) is 9.28. The van der Waals surface area contributed by atoms with Crippen LogP contribution >= 0.6 is 0 Å². The summed E-state index contributed by atoms with van der Waals surface area (Å²) in [5.74, 6) is 0.354. The molecule has 106 valence electrons. The molecule has 1 aliphatic rings. The van der Waals surface area contributed by atoms with E-state index in [1.165, 1.54) is 44.6 Å². The van der Waals surface area contributed by atoms with Gasteiger partial charge in [-0.3, -0.25) is 4.90 Å². The van der Waals surface area contributed by atoms with Crippen LogP contribution in [0.15, 0.2) is 24.3 Å². The van der Waals surface area contributed by atoms with E-state index in [1.54, 1.807) is 12.1 Å². The average Bonchev–Trinajstić information content (AvgIpc) is 2.63. The monoisotopic (exact) mass is 262 g/mol. The zero-order valence-electron chi connectivity index (χ0n) is 12.2. The maximum Gasteiger partial charge on any atom is 0.115 e. The highest BCUT2D eigenvalue weighted by Crippen LogP contribution is 2.15. The number of benzene rings is 1. The molecule has 1 heterocycles. The van der Waals surface area contributed by atoms with Gasteiger partial charge in [-0.1, -0.05) is 12.1 Å². The first-order valence-electron chi connectivity index (χ1n) is 7.35. The van der Waals surface area contributed by atoms with Crippen LogP contribution in [-0.4, -0.2) is 54.2 Å². The fourth-order valence-electron chi connectivity index (χ4n) is 2.73. The van der Waals surface area contributed by atoms with Crippen molar-refractivity contribution in [2.75, 3.05) is 33.2 Å². The maximum atomic E-state index is 9.28. The van der Waals surface area contributed by atoms with Crippen molar-refractivity contribution < 1.29 is 5.11 Å². The zero-order valence-corrected chi connectivity index (χ0v) is 12.2. The molecular weight excluding hydrogens is 236 g/mol. The highest BCUT2D eigenvalue weighted by atomic mass is 16.3. The van der Waals surface area contributed by atoms with Crippen molar-refractivity contribution in [3.05, 3.63) is 29.8 Å². The first kappa shape index (κ1) is 14.4. The molecule has 1 aromatic carbocycles. The maximum absolute atomic E-state index is 9.28. The average molecular weight is 262 g/mol. The molecule has 1 unspecified atom stereocenters. The van der Waals surface area contributed by atoms with E-state index in [0.29, 0.717) is 11.8 Å². The fraction of sp³-hybridized carbons (Fsp3) is 0.625. The van der Waals surface area contributed by atoms with Crippen molar-refractivity contribution in [1.82, 2.24) is 9.80 Å². The predicted molar refractivity (Wildman–Crippen MR) is 79.6 cm³/mol. The third-order valence-corrected chi connectivity index (χ3v) is 4.16. The minimum atomic E-state index is 0.354. The number of aromatic hydroxyl groups is 1. The quantitative estimate of drug-likeness (QED) is 0.902. The number of hydrogen-bond acceptors (Lipinski definition) is 3. The van der Waals surface area contributed by atoms with Crippen molar-refractivity contribution in [2.24, 2.45) is 0 Å². The minimum Gasteiger partial charge on any atom is -0.508 e. The van der Waals surface area contributed by atoms with Gasteiger partial charge >= 0.3 is 0 Å². The number of rotatable bonds is 4. The van der Waals surface area contributed by atoms with Crippen LogP contribution in [0.3, 0.4) is 0 Å². The van der Waals surface area contributed by atoms with E-state index in [-0.39, 0.29) is 0 Å². The predicted octanol–water partition coefficient (Wildman–Crippen LogP) is 2.35.